The normalized spacial score (nSPS) is 39.4. The van der Waals surface area contributed by atoms with Gasteiger partial charge < -0.3 is 15.3 Å². The smallest absolute Gasteiger partial charge is 0.307 e. The van der Waals surface area contributed by atoms with Crippen molar-refractivity contribution in [2.45, 2.75) is 57.0 Å². The van der Waals surface area contributed by atoms with E-state index in [0.717, 1.165) is 19.4 Å². The van der Waals surface area contributed by atoms with Gasteiger partial charge in [-0.2, -0.15) is 0 Å². The fourth-order valence-electron chi connectivity index (χ4n) is 4.64. The predicted octanol–water partition coefficient (Wildman–Crippen LogP) is 1.48. The van der Waals surface area contributed by atoms with Gasteiger partial charge in [0.1, 0.15) is 0 Å². The van der Waals surface area contributed by atoms with Crippen LogP contribution in [0.3, 0.4) is 0 Å². The fourth-order valence-corrected chi connectivity index (χ4v) is 4.64. The van der Waals surface area contributed by atoms with Gasteiger partial charge in [0.05, 0.1) is 11.8 Å². The van der Waals surface area contributed by atoms with Gasteiger partial charge in [0.15, 0.2) is 0 Å². The monoisotopic (exact) mass is 294 g/mol. The third-order valence-electron chi connectivity index (χ3n) is 5.93. The van der Waals surface area contributed by atoms with E-state index in [1.807, 2.05) is 0 Å². The molecule has 2 bridgehead atoms. The van der Waals surface area contributed by atoms with Crippen molar-refractivity contribution in [3.63, 3.8) is 0 Å². The topological polar surface area (TPSA) is 69.6 Å². The van der Waals surface area contributed by atoms with E-state index < -0.39 is 11.9 Å². The molecule has 2 heterocycles. The van der Waals surface area contributed by atoms with Gasteiger partial charge in [0, 0.05) is 18.6 Å². The number of carboxylic acids is 1. The third kappa shape index (κ3) is 2.93. The fraction of sp³-hybridized carbons (Fsp3) is 0.875. The summed E-state index contributed by atoms with van der Waals surface area (Å²) in [4.78, 5) is 25.9. The Balaban J connectivity index is 1.49. The molecule has 2 saturated heterocycles. The Morgan fingerprint density at radius 3 is 2.33 bits per heavy atom. The number of carboxylic acid groups (broad SMARTS) is 1. The maximum absolute atomic E-state index is 12.3. The van der Waals surface area contributed by atoms with Crippen LogP contribution in [0.5, 0.6) is 0 Å². The summed E-state index contributed by atoms with van der Waals surface area (Å²) in [5.41, 5.74) is 0. The molecule has 3 rings (SSSR count). The van der Waals surface area contributed by atoms with Crippen molar-refractivity contribution < 1.29 is 14.7 Å². The summed E-state index contributed by atoms with van der Waals surface area (Å²) < 4.78 is 0. The van der Waals surface area contributed by atoms with Gasteiger partial charge in [0.2, 0.25) is 5.91 Å². The van der Waals surface area contributed by atoms with Crippen LogP contribution < -0.4 is 5.32 Å². The van der Waals surface area contributed by atoms with Crippen LogP contribution in [-0.4, -0.2) is 47.6 Å². The van der Waals surface area contributed by atoms with Gasteiger partial charge in [-0.1, -0.05) is 6.42 Å². The van der Waals surface area contributed by atoms with E-state index in [2.05, 4.69) is 17.3 Å². The summed E-state index contributed by atoms with van der Waals surface area (Å²) in [7, 11) is 2.22. The number of rotatable bonds is 4. The highest BCUT2D eigenvalue weighted by Gasteiger charge is 2.40. The maximum Gasteiger partial charge on any atom is 0.307 e. The lowest BCUT2D eigenvalue weighted by atomic mass is 9.90. The van der Waals surface area contributed by atoms with Crippen molar-refractivity contribution in [3.05, 3.63) is 0 Å². The summed E-state index contributed by atoms with van der Waals surface area (Å²) in [5, 5.41) is 12.2. The Kier molecular flexibility index (Phi) is 4.20. The Bertz CT molecular complexity index is 412. The number of carbonyl (C=O) groups excluding carboxylic acids is 1. The number of hydrogen-bond donors (Lipinski definition) is 2. The molecular formula is C16H26N2O3. The maximum atomic E-state index is 12.3. The molecular weight excluding hydrogens is 268 g/mol. The molecule has 21 heavy (non-hydrogen) atoms. The Morgan fingerprint density at radius 2 is 1.71 bits per heavy atom. The number of amides is 1. The summed E-state index contributed by atoms with van der Waals surface area (Å²) in [6.07, 6.45) is 7.13. The van der Waals surface area contributed by atoms with E-state index in [4.69, 9.17) is 0 Å². The molecule has 4 atom stereocenters. The van der Waals surface area contributed by atoms with Gasteiger partial charge in [-0.05, 0) is 51.5 Å². The lowest BCUT2D eigenvalue weighted by Crippen LogP contribution is -2.44. The Morgan fingerprint density at radius 1 is 1.10 bits per heavy atom. The number of piperidine rings is 1. The summed E-state index contributed by atoms with van der Waals surface area (Å²) >= 11 is 0. The zero-order valence-electron chi connectivity index (χ0n) is 12.8. The van der Waals surface area contributed by atoms with Crippen LogP contribution in [0, 0.1) is 17.8 Å². The summed E-state index contributed by atoms with van der Waals surface area (Å²) in [6.45, 7) is 0.725. The molecule has 1 saturated carbocycles. The van der Waals surface area contributed by atoms with E-state index >= 15 is 0 Å². The highest BCUT2D eigenvalue weighted by atomic mass is 16.4. The molecule has 3 aliphatic rings. The van der Waals surface area contributed by atoms with Crippen LogP contribution in [0.25, 0.3) is 0 Å². The third-order valence-corrected chi connectivity index (χ3v) is 5.93. The van der Waals surface area contributed by atoms with Crippen LogP contribution in [0.1, 0.15) is 44.9 Å². The number of carbonyl (C=O) groups is 2. The molecule has 5 nitrogen and oxygen atoms in total. The molecule has 3 fully saturated rings. The largest absolute Gasteiger partial charge is 0.481 e. The van der Waals surface area contributed by atoms with Gasteiger partial charge >= 0.3 is 5.97 Å². The quantitative estimate of drug-likeness (QED) is 0.824. The molecule has 1 amide bonds. The molecule has 5 heteroatoms. The average molecular weight is 294 g/mol. The van der Waals surface area contributed by atoms with Gasteiger partial charge in [-0.3, -0.25) is 9.59 Å². The highest BCUT2D eigenvalue weighted by Crippen LogP contribution is 2.37. The van der Waals surface area contributed by atoms with Crippen LogP contribution in [-0.2, 0) is 9.59 Å². The standard InChI is InChI=1S/C16H26N2O3/c1-18-11-5-6-12(18)8-10(7-11)9-17-15(19)13-3-2-4-14(13)16(20)21/h10-14H,2-9H2,1H3,(H,17,19)(H,20,21)/t10?,11?,12?,13-,14+/m1/s1. The minimum absolute atomic E-state index is 0.0359. The van der Waals surface area contributed by atoms with Crippen molar-refractivity contribution in [1.82, 2.24) is 10.2 Å². The van der Waals surface area contributed by atoms with Gasteiger partial charge in [0.25, 0.3) is 0 Å². The van der Waals surface area contributed by atoms with E-state index in [0.29, 0.717) is 24.4 Å². The first-order chi connectivity index (χ1) is 10.1. The van der Waals surface area contributed by atoms with Crippen molar-refractivity contribution >= 4 is 11.9 Å². The molecule has 118 valence electrons. The number of hydrogen-bond acceptors (Lipinski definition) is 3. The lowest BCUT2D eigenvalue weighted by molar-refractivity contribution is -0.146. The first-order valence-corrected chi connectivity index (χ1v) is 8.28. The van der Waals surface area contributed by atoms with E-state index in [1.54, 1.807) is 0 Å². The zero-order valence-corrected chi connectivity index (χ0v) is 12.8. The molecule has 2 N–H and O–H groups in total. The average Bonchev–Trinajstić information content (AvgIpc) is 3.00. The molecule has 0 aromatic carbocycles. The molecule has 0 aromatic rings. The van der Waals surface area contributed by atoms with Gasteiger partial charge in [-0.15, -0.1) is 0 Å². The van der Waals surface area contributed by atoms with Crippen molar-refractivity contribution in [3.8, 4) is 0 Å². The SMILES string of the molecule is CN1C2CCC1CC(CNC(=O)[C@@H]1CCC[C@@H]1C(=O)O)C2. The van der Waals surface area contributed by atoms with Crippen LogP contribution >= 0.6 is 0 Å². The number of fused-ring (bicyclic) bond motifs is 2. The minimum Gasteiger partial charge on any atom is -0.481 e. The van der Waals surface area contributed by atoms with Crippen molar-refractivity contribution in [2.75, 3.05) is 13.6 Å². The first-order valence-electron chi connectivity index (χ1n) is 8.28. The summed E-state index contributed by atoms with van der Waals surface area (Å²) in [5.74, 6) is -1.08. The number of aliphatic carboxylic acids is 1. The lowest BCUT2D eigenvalue weighted by Gasteiger charge is -2.36. The molecule has 2 aliphatic heterocycles. The Hall–Kier alpha value is -1.10. The zero-order chi connectivity index (χ0) is 15.0. The second kappa shape index (κ2) is 5.95. The number of nitrogens with zero attached hydrogens (tertiary/aromatic N) is 1. The van der Waals surface area contributed by atoms with Crippen LogP contribution in [0.4, 0.5) is 0 Å². The summed E-state index contributed by atoms with van der Waals surface area (Å²) in [6, 6.07) is 1.37. The molecule has 2 unspecified atom stereocenters. The molecule has 0 radical (unpaired) electrons. The van der Waals surface area contributed by atoms with E-state index in [9.17, 15) is 14.7 Å². The van der Waals surface area contributed by atoms with E-state index in [-0.39, 0.29) is 11.8 Å². The first kappa shape index (κ1) is 14.8. The second-order valence-corrected chi connectivity index (χ2v) is 7.12. The molecule has 0 spiro atoms. The predicted molar refractivity (Wildman–Crippen MR) is 78.8 cm³/mol. The Labute approximate surface area is 126 Å². The van der Waals surface area contributed by atoms with Gasteiger partial charge in [-0.25, -0.2) is 0 Å². The van der Waals surface area contributed by atoms with Crippen molar-refractivity contribution in [1.29, 1.82) is 0 Å². The van der Waals surface area contributed by atoms with E-state index in [1.165, 1.54) is 25.7 Å². The molecule has 1 aliphatic carbocycles. The second-order valence-electron chi connectivity index (χ2n) is 7.12. The van der Waals surface area contributed by atoms with Crippen molar-refractivity contribution in [2.24, 2.45) is 17.8 Å². The number of nitrogens with one attached hydrogen (secondary N) is 1. The highest BCUT2D eigenvalue weighted by molar-refractivity contribution is 5.85. The molecule has 0 aromatic heterocycles. The van der Waals surface area contributed by atoms with Crippen LogP contribution in [0.2, 0.25) is 0 Å². The minimum atomic E-state index is -0.815. The van der Waals surface area contributed by atoms with Crippen LogP contribution in [0.15, 0.2) is 0 Å².